The molecule has 1 heterocycles. The van der Waals surface area contributed by atoms with Crippen LogP contribution in [0.25, 0.3) is 0 Å². The van der Waals surface area contributed by atoms with E-state index in [0.717, 1.165) is 25.1 Å². The van der Waals surface area contributed by atoms with Crippen LogP contribution in [0.3, 0.4) is 0 Å². The highest BCUT2D eigenvalue weighted by molar-refractivity contribution is 6.03. The SMILES string of the molecule is O=C(Nc1ccc(NCCCc2ccccc2)cn1)c1ccccc1. The van der Waals surface area contributed by atoms with Crippen LogP contribution in [0.5, 0.6) is 0 Å². The van der Waals surface area contributed by atoms with E-state index in [0.29, 0.717) is 11.4 Å². The molecular formula is C21H21N3O. The maximum Gasteiger partial charge on any atom is 0.256 e. The molecule has 0 bridgehead atoms. The Bertz CT molecular complexity index is 786. The molecule has 4 heteroatoms. The molecule has 25 heavy (non-hydrogen) atoms. The first-order valence-corrected chi connectivity index (χ1v) is 8.41. The van der Waals surface area contributed by atoms with E-state index < -0.39 is 0 Å². The molecule has 0 fully saturated rings. The van der Waals surface area contributed by atoms with Gasteiger partial charge in [0, 0.05) is 12.1 Å². The summed E-state index contributed by atoms with van der Waals surface area (Å²) in [6.45, 7) is 0.881. The van der Waals surface area contributed by atoms with Crippen molar-refractivity contribution >= 4 is 17.4 Å². The summed E-state index contributed by atoms with van der Waals surface area (Å²) in [6, 6.07) is 23.3. The summed E-state index contributed by atoms with van der Waals surface area (Å²) in [5.41, 5.74) is 2.92. The summed E-state index contributed by atoms with van der Waals surface area (Å²) >= 11 is 0. The van der Waals surface area contributed by atoms with Crippen molar-refractivity contribution in [2.24, 2.45) is 0 Å². The minimum absolute atomic E-state index is 0.156. The summed E-state index contributed by atoms with van der Waals surface area (Å²) in [4.78, 5) is 16.4. The molecule has 126 valence electrons. The third-order valence-electron chi connectivity index (χ3n) is 3.86. The lowest BCUT2D eigenvalue weighted by Gasteiger charge is -2.08. The van der Waals surface area contributed by atoms with Gasteiger partial charge in [-0.15, -0.1) is 0 Å². The Kier molecular flexibility index (Phi) is 5.77. The van der Waals surface area contributed by atoms with Gasteiger partial charge < -0.3 is 10.6 Å². The number of amides is 1. The van der Waals surface area contributed by atoms with Crippen molar-refractivity contribution < 1.29 is 4.79 Å². The maximum atomic E-state index is 12.1. The van der Waals surface area contributed by atoms with E-state index in [4.69, 9.17) is 0 Å². The summed E-state index contributed by atoms with van der Waals surface area (Å²) in [7, 11) is 0. The predicted octanol–water partition coefficient (Wildman–Crippen LogP) is 4.38. The molecule has 0 spiro atoms. The Hall–Kier alpha value is -3.14. The van der Waals surface area contributed by atoms with Gasteiger partial charge in [-0.3, -0.25) is 4.79 Å². The lowest BCUT2D eigenvalue weighted by molar-refractivity contribution is 0.102. The van der Waals surface area contributed by atoms with Gasteiger partial charge in [-0.05, 0) is 42.7 Å². The van der Waals surface area contributed by atoms with Gasteiger partial charge in [0.25, 0.3) is 5.91 Å². The molecule has 0 aliphatic rings. The van der Waals surface area contributed by atoms with Crippen LogP contribution in [0.4, 0.5) is 11.5 Å². The molecule has 0 saturated heterocycles. The Labute approximate surface area is 147 Å². The van der Waals surface area contributed by atoms with Crippen LogP contribution in [0.2, 0.25) is 0 Å². The highest BCUT2D eigenvalue weighted by Gasteiger charge is 2.05. The molecular weight excluding hydrogens is 310 g/mol. The third-order valence-corrected chi connectivity index (χ3v) is 3.86. The van der Waals surface area contributed by atoms with Crippen LogP contribution in [-0.4, -0.2) is 17.4 Å². The summed E-state index contributed by atoms with van der Waals surface area (Å²) in [5, 5.41) is 6.15. The topological polar surface area (TPSA) is 54.0 Å². The van der Waals surface area contributed by atoms with Crippen LogP contribution in [0.1, 0.15) is 22.3 Å². The van der Waals surface area contributed by atoms with E-state index in [-0.39, 0.29) is 5.91 Å². The van der Waals surface area contributed by atoms with Gasteiger partial charge in [0.15, 0.2) is 0 Å². The van der Waals surface area contributed by atoms with Crippen molar-refractivity contribution in [3.05, 3.63) is 90.1 Å². The first-order chi connectivity index (χ1) is 12.3. The highest BCUT2D eigenvalue weighted by Crippen LogP contribution is 2.11. The molecule has 0 unspecified atom stereocenters. The second-order valence-corrected chi connectivity index (χ2v) is 5.77. The number of anilines is 2. The van der Waals surface area contributed by atoms with Gasteiger partial charge in [0.1, 0.15) is 5.82 Å². The number of carbonyl (C=O) groups excluding carboxylic acids is 1. The van der Waals surface area contributed by atoms with E-state index in [1.54, 1.807) is 24.4 Å². The molecule has 2 N–H and O–H groups in total. The fourth-order valence-corrected chi connectivity index (χ4v) is 2.52. The average molecular weight is 331 g/mol. The van der Waals surface area contributed by atoms with E-state index in [1.165, 1.54) is 5.56 Å². The number of aryl methyl sites for hydroxylation is 1. The number of carbonyl (C=O) groups is 1. The molecule has 4 nitrogen and oxygen atoms in total. The zero-order chi connectivity index (χ0) is 17.3. The number of rotatable bonds is 7. The average Bonchev–Trinajstić information content (AvgIpc) is 2.68. The molecule has 0 radical (unpaired) electrons. The highest BCUT2D eigenvalue weighted by atomic mass is 16.1. The summed E-state index contributed by atoms with van der Waals surface area (Å²) < 4.78 is 0. The Morgan fingerprint density at radius 3 is 2.28 bits per heavy atom. The number of aromatic nitrogens is 1. The fraction of sp³-hybridized carbons (Fsp3) is 0.143. The van der Waals surface area contributed by atoms with Crippen molar-refractivity contribution in [2.75, 3.05) is 17.2 Å². The van der Waals surface area contributed by atoms with Crippen LogP contribution < -0.4 is 10.6 Å². The monoisotopic (exact) mass is 331 g/mol. The molecule has 1 amide bonds. The zero-order valence-electron chi connectivity index (χ0n) is 14.0. The van der Waals surface area contributed by atoms with Gasteiger partial charge in [0.05, 0.1) is 11.9 Å². The van der Waals surface area contributed by atoms with Gasteiger partial charge in [-0.2, -0.15) is 0 Å². The van der Waals surface area contributed by atoms with Crippen LogP contribution >= 0.6 is 0 Å². The number of pyridine rings is 1. The number of nitrogens with one attached hydrogen (secondary N) is 2. The van der Waals surface area contributed by atoms with Crippen molar-refractivity contribution in [3.63, 3.8) is 0 Å². The van der Waals surface area contributed by atoms with Crippen LogP contribution in [0.15, 0.2) is 79.0 Å². The smallest absolute Gasteiger partial charge is 0.256 e. The predicted molar refractivity (Wildman–Crippen MR) is 102 cm³/mol. The van der Waals surface area contributed by atoms with Gasteiger partial charge in [0.2, 0.25) is 0 Å². The lowest BCUT2D eigenvalue weighted by atomic mass is 10.1. The van der Waals surface area contributed by atoms with Crippen molar-refractivity contribution in [3.8, 4) is 0 Å². The largest absolute Gasteiger partial charge is 0.384 e. The normalized spacial score (nSPS) is 10.2. The molecule has 1 aromatic heterocycles. The molecule has 0 aliphatic carbocycles. The van der Waals surface area contributed by atoms with Crippen LogP contribution in [0, 0.1) is 0 Å². The van der Waals surface area contributed by atoms with Crippen molar-refractivity contribution in [1.29, 1.82) is 0 Å². The maximum absolute atomic E-state index is 12.1. The van der Waals surface area contributed by atoms with Gasteiger partial charge in [-0.25, -0.2) is 4.98 Å². The third kappa shape index (κ3) is 5.18. The molecule has 0 aliphatic heterocycles. The Balaban J connectivity index is 1.45. The molecule has 0 atom stereocenters. The van der Waals surface area contributed by atoms with E-state index in [2.05, 4.69) is 39.9 Å². The standard InChI is InChI=1S/C21H21N3O/c25-21(18-11-5-2-6-12-18)24-20-14-13-19(16-23-20)22-15-7-10-17-8-3-1-4-9-17/h1-6,8-9,11-14,16,22H,7,10,15H2,(H,23,24,25). The second-order valence-electron chi connectivity index (χ2n) is 5.77. The van der Waals surface area contributed by atoms with Gasteiger partial charge >= 0.3 is 0 Å². The quantitative estimate of drug-likeness (QED) is 0.632. The second kappa shape index (κ2) is 8.64. The minimum atomic E-state index is -0.156. The fourth-order valence-electron chi connectivity index (χ4n) is 2.52. The molecule has 3 rings (SSSR count). The molecule has 3 aromatic rings. The number of hydrogen-bond donors (Lipinski definition) is 2. The number of nitrogens with zero attached hydrogens (tertiary/aromatic N) is 1. The van der Waals surface area contributed by atoms with E-state index in [9.17, 15) is 4.79 Å². The zero-order valence-corrected chi connectivity index (χ0v) is 14.0. The van der Waals surface area contributed by atoms with Crippen molar-refractivity contribution in [2.45, 2.75) is 12.8 Å². The first-order valence-electron chi connectivity index (χ1n) is 8.41. The minimum Gasteiger partial charge on any atom is -0.384 e. The summed E-state index contributed by atoms with van der Waals surface area (Å²) in [5.74, 6) is 0.389. The summed E-state index contributed by atoms with van der Waals surface area (Å²) in [6.07, 6.45) is 3.84. The lowest BCUT2D eigenvalue weighted by Crippen LogP contribution is -2.12. The number of hydrogen-bond acceptors (Lipinski definition) is 3. The Morgan fingerprint density at radius 2 is 1.60 bits per heavy atom. The Morgan fingerprint density at radius 1 is 0.880 bits per heavy atom. The van der Waals surface area contributed by atoms with E-state index >= 15 is 0 Å². The van der Waals surface area contributed by atoms with E-state index in [1.807, 2.05) is 30.3 Å². The molecule has 2 aromatic carbocycles. The van der Waals surface area contributed by atoms with Crippen molar-refractivity contribution in [1.82, 2.24) is 4.98 Å². The van der Waals surface area contributed by atoms with Crippen LogP contribution in [-0.2, 0) is 6.42 Å². The first kappa shape index (κ1) is 16.7. The van der Waals surface area contributed by atoms with Gasteiger partial charge in [-0.1, -0.05) is 48.5 Å². The molecule has 0 saturated carbocycles. The number of benzene rings is 2.